The van der Waals surface area contributed by atoms with Crippen molar-refractivity contribution in [3.63, 3.8) is 0 Å². The predicted octanol–water partition coefficient (Wildman–Crippen LogP) is 3.33. The van der Waals surface area contributed by atoms with Crippen LogP contribution in [0.15, 0.2) is 0 Å². The van der Waals surface area contributed by atoms with Crippen molar-refractivity contribution in [3.05, 3.63) is 0 Å². The average Bonchev–Trinajstić information content (AvgIpc) is 2.64. The molecule has 0 aliphatic heterocycles. The average molecular weight is 376 g/mol. The van der Waals surface area contributed by atoms with Crippen LogP contribution in [0.25, 0.3) is 0 Å². The molecule has 0 saturated carbocycles. The van der Waals surface area contributed by atoms with Gasteiger partial charge in [-0.1, -0.05) is 96.8 Å². The molecule has 0 amide bonds. The van der Waals surface area contributed by atoms with Crippen LogP contribution in [0.4, 0.5) is 0 Å². The summed E-state index contributed by atoms with van der Waals surface area (Å²) >= 11 is 0. The molecule has 0 heterocycles. The van der Waals surface area contributed by atoms with Gasteiger partial charge in [0, 0.05) is 5.97 Å². The molecule has 0 spiro atoms. The second-order valence-electron chi connectivity index (χ2n) is 7.09. The number of carboxylic acid groups (broad SMARTS) is 1. The Balaban J connectivity index is 0. The highest BCUT2D eigenvalue weighted by atomic mass is 16.4. The summed E-state index contributed by atoms with van der Waals surface area (Å²) in [7, 11) is 0. The van der Waals surface area contributed by atoms with Crippen LogP contribution in [0.5, 0.6) is 0 Å². The monoisotopic (exact) mass is 375 g/mol. The van der Waals surface area contributed by atoms with Gasteiger partial charge in [-0.3, -0.25) is 0 Å². The summed E-state index contributed by atoms with van der Waals surface area (Å²) in [5.74, 6) is -0.903. The Morgan fingerprint density at radius 1 is 0.692 bits per heavy atom. The third-order valence-electron chi connectivity index (χ3n) is 4.41. The first-order chi connectivity index (χ1) is 12.6. The normalized spacial score (nSPS) is 10.7. The number of aliphatic hydroxyl groups is 3. The van der Waals surface area contributed by atoms with Crippen LogP contribution < -0.4 is 5.11 Å². The molecule has 0 atom stereocenters. The lowest BCUT2D eigenvalue weighted by Gasteiger charge is -2.04. The first-order valence-corrected chi connectivity index (χ1v) is 10.7. The molecule has 0 aromatic carbocycles. The number of hydrogen-bond acceptors (Lipinski definition) is 5. The van der Waals surface area contributed by atoms with E-state index in [2.05, 4.69) is 6.92 Å². The number of hydrogen-bond donors (Lipinski definition) is 3. The van der Waals surface area contributed by atoms with Crippen LogP contribution in [0, 0.1) is 0 Å². The zero-order valence-corrected chi connectivity index (χ0v) is 17.0. The lowest BCUT2D eigenvalue weighted by atomic mass is 10.0. The SMILES string of the molecule is CCCCCCCCCCCCCCCCCC(=O)[O-].OCC(O)CO. The fourth-order valence-electron chi connectivity index (χ4n) is 2.70. The molecule has 0 rings (SSSR count). The number of rotatable bonds is 18. The smallest absolute Gasteiger partial charge is 0.100 e. The fourth-order valence-corrected chi connectivity index (χ4v) is 2.70. The van der Waals surface area contributed by atoms with Gasteiger partial charge < -0.3 is 25.2 Å². The first-order valence-electron chi connectivity index (χ1n) is 10.7. The third-order valence-corrected chi connectivity index (χ3v) is 4.41. The zero-order chi connectivity index (χ0) is 19.9. The van der Waals surface area contributed by atoms with E-state index >= 15 is 0 Å². The summed E-state index contributed by atoms with van der Waals surface area (Å²) in [5, 5.41) is 34.2. The Bertz CT molecular complexity index is 267. The number of carbonyl (C=O) groups is 1. The minimum Gasteiger partial charge on any atom is -0.550 e. The molecule has 26 heavy (non-hydrogen) atoms. The maximum Gasteiger partial charge on any atom is 0.100 e. The standard InChI is InChI=1S/C18H36O2.C3H8O3/c1-2-3-4-5-6-7-8-9-10-11-12-13-14-15-16-17-18(19)20;4-1-3(6)2-5/h2-17H2,1H3,(H,19,20);3-6H,1-2H2/p-1. The number of unbranched alkanes of at least 4 members (excludes halogenated alkanes) is 14. The summed E-state index contributed by atoms with van der Waals surface area (Å²) in [6, 6.07) is 0. The van der Waals surface area contributed by atoms with E-state index in [0.29, 0.717) is 0 Å². The number of aliphatic hydroxyl groups excluding tert-OH is 3. The Morgan fingerprint density at radius 2 is 1.00 bits per heavy atom. The van der Waals surface area contributed by atoms with E-state index in [4.69, 9.17) is 15.3 Å². The molecule has 158 valence electrons. The largest absolute Gasteiger partial charge is 0.550 e. The minimum atomic E-state index is -0.954. The quantitative estimate of drug-likeness (QED) is 0.319. The summed E-state index contributed by atoms with van der Waals surface area (Å²) in [6.45, 7) is 1.54. The van der Waals surface area contributed by atoms with E-state index < -0.39 is 12.1 Å². The molecule has 0 bridgehead atoms. The van der Waals surface area contributed by atoms with Crippen LogP contribution in [-0.4, -0.2) is 40.6 Å². The van der Waals surface area contributed by atoms with Gasteiger partial charge in [0.2, 0.25) is 0 Å². The Kier molecular flexibility index (Phi) is 25.8. The van der Waals surface area contributed by atoms with Crippen LogP contribution in [-0.2, 0) is 4.79 Å². The van der Waals surface area contributed by atoms with E-state index in [9.17, 15) is 9.90 Å². The van der Waals surface area contributed by atoms with E-state index in [-0.39, 0.29) is 19.6 Å². The highest BCUT2D eigenvalue weighted by Gasteiger charge is 1.95. The van der Waals surface area contributed by atoms with Crippen molar-refractivity contribution in [1.82, 2.24) is 0 Å². The molecule has 0 aliphatic carbocycles. The highest BCUT2D eigenvalue weighted by molar-refractivity contribution is 5.63. The van der Waals surface area contributed by atoms with Gasteiger partial charge in [-0.05, 0) is 12.8 Å². The van der Waals surface area contributed by atoms with Crippen molar-refractivity contribution in [2.45, 2.75) is 116 Å². The molecule has 5 heteroatoms. The Morgan fingerprint density at radius 3 is 1.23 bits per heavy atom. The van der Waals surface area contributed by atoms with Crippen molar-refractivity contribution in [3.8, 4) is 0 Å². The van der Waals surface area contributed by atoms with Crippen molar-refractivity contribution < 1.29 is 25.2 Å². The van der Waals surface area contributed by atoms with Gasteiger partial charge >= 0.3 is 0 Å². The molecular weight excluding hydrogens is 332 g/mol. The third kappa shape index (κ3) is 28.2. The fraction of sp³-hybridized carbons (Fsp3) is 0.952. The van der Waals surface area contributed by atoms with E-state index in [1.165, 1.54) is 83.5 Å². The lowest BCUT2D eigenvalue weighted by molar-refractivity contribution is -0.305. The Hall–Kier alpha value is -0.650. The van der Waals surface area contributed by atoms with Crippen LogP contribution in [0.1, 0.15) is 110 Å². The molecule has 0 saturated heterocycles. The summed E-state index contributed by atoms with van der Waals surface area (Å²) < 4.78 is 0. The molecular formula is C21H43O5-. The molecule has 0 radical (unpaired) electrons. The van der Waals surface area contributed by atoms with E-state index in [1.807, 2.05) is 0 Å². The van der Waals surface area contributed by atoms with Crippen LogP contribution in [0.2, 0.25) is 0 Å². The lowest BCUT2D eigenvalue weighted by Crippen LogP contribution is -2.21. The topological polar surface area (TPSA) is 101 Å². The summed E-state index contributed by atoms with van der Waals surface area (Å²) in [5.41, 5.74) is 0. The summed E-state index contributed by atoms with van der Waals surface area (Å²) in [6.07, 6.45) is 18.9. The second-order valence-corrected chi connectivity index (χ2v) is 7.09. The van der Waals surface area contributed by atoms with E-state index in [1.54, 1.807) is 0 Å². The van der Waals surface area contributed by atoms with Gasteiger partial charge in [0.05, 0.1) is 13.2 Å². The minimum absolute atomic E-state index is 0.234. The van der Waals surface area contributed by atoms with Crippen LogP contribution >= 0.6 is 0 Å². The van der Waals surface area contributed by atoms with Gasteiger partial charge in [-0.15, -0.1) is 0 Å². The Labute approximate surface area is 160 Å². The first kappa shape index (κ1) is 27.6. The second kappa shape index (κ2) is 24.4. The van der Waals surface area contributed by atoms with Gasteiger partial charge in [0.25, 0.3) is 0 Å². The highest BCUT2D eigenvalue weighted by Crippen LogP contribution is 2.13. The van der Waals surface area contributed by atoms with Crippen molar-refractivity contribution in [2.75, 3.05) is 13.2 Å². The molecule has 0 aliphatic rings. The van der Waals surface area contributed by atoms with Crippen molar-refractivity contribution in [1.29, 1.82) is 0 Å². The number of aliphatic carboxylic acids is 1. The molecule has 5 nitrogen and oxygen atoms in total. The number of carbonyl (C=O) groups excluding carboxylic acids is 1. The molecule has 0 aromatic heterocycles. The van der Waals surface area contributed by atoms with E-state index in [0.717, 1.165) is 12.8 Å². The van der Waals surface area contributed by atoms with Gasteiger partial charge in [-0.25, -0.2) is 0 Å². The number of carboxylic acids is 1. The maximum absolute atomic E-state index is 10.2. The van der Waals surface area contributed by atoms with Crippen LogP contribution in [0.3, 0.4) is 0 Å². The summed E-state index contributed by atoms with van der Waals surface area (Å²) in [4.78, 5) is 10.2. The van der Waals surface area contributed by atoms with Gasteiger partial charge in [0.15, 0.2) is 0 Å². The molecule has 0 aromatic rings. The predicted molar refractivity (Wildman–Crippen MR) is 105 cm³/mol. The molecule has 3 N–H and O–H groups in total. The van der Waals surface area contributed by atoms with Crippen molar-refractivity contribution in [2.24, 2.45) is 0 Å². The van der Waals surface area contributed by atoms with Gasteiger partial charge in [-0.2, -0.15) is 0 Å². The van der Waals surface area contributed by atoms with Crippen molar-refractivity contribution >= 4 is 5.97 Å². The molecule has 0 fully saturated rings. The zero-order valence-electron chi connectivity index (χ0n) is 17.0. The molecule has 0 unspecified atom stereocenters. The maximum atomic E-state index is 10.2. The van der Waals surface area contributed by atoms with Gasteiger partial charge in [0.1, 0.15) is 6.10 Å².